The second-order valence-corrected chi connectivity index (χ2v) is 4.11. The third kappa shape index (κ3) is 1.51. The van der Waals surface area contributed by atoms with Crippen molar-refractivity contribution in [3.63, 3.8) is 0 Å². The molecule has 0 saturated carbocycles. The molecule has 0 radical (unpaired) electrons. The van der Waals surface area contributed by atoms with E-state index in [1.54, 1.807) is 0 Å². The van der Waals surface area contributed by atoms with Crippen LogP contribution in [0.3, 0.4) is 0 Å². The molecule has 0 amide bonds. The maximum Gasteiger partial charge on any atom is 0.141 e. The van der Waals surface area contributed by atoms with Crippen molar-refractivity contribution in [3.8, 4) is 11.1 Å². The first-order valence-electron chi connectivity index (χ1n) is 5.53. The Bertz CT molecular complexity index is 661. The first-order valence-corrected chi connectivity index (χ1v) is 5.53. The third-order valence-corrected chi connectivity index (χ3v) is 2.97. The molecule has 0 N–H and O–H groups in total. The zero-order chi connectivity index (χ0) is 11.8. The van der Waals surface area contributed by atoms with Gasteiger partial charge in [-0.1, -0.05) is 29.4 Å². The van der Waals surface area contributed by atoms with E-state index in [0.29, 0.717) is 0 Å². The van der Waals surface area contributed by atoms with E-state index in [9.17, 15) is 0 Å². The quantitative estimate of drug-likeness (QED) is 0.635. The number of hydrogen-bond acceptors (Lipinski definition) is 3. The molecule has 3 heteroatoms. The summed E-state index contributed by atoms with van der Waals surface area (Å²) in [7, 11) is 0. The molecule has 0 aliphatic heterocycles. The highest BCUT2D eigenvalue weighted by molar-refractivity contribution is 5.96. The van der Waals surface area contributed by atoms with E-state index in [4.69, 9.17) is 4.52 Å². The summed E-state index contributed by atoms with van der Waals surface area (Å²) >= 11 is 0. The summed E-state index contributed by atoms with van der Waals surface area (Å²) < 4.78 is 5.22. The van der Waals surface area contributed by atoms with Gasteiger partial charge in [-0.25, -0.2) is 0 Å². The van der Waals surface area contributed by atoms with Gasteiger partial charge in [-0.3, -0.25) is 4.98 Å². The van der Waals surface area contributed by atoms with Crippen LogP contribution < -0.4 is 0 Å². The van der Waals surface area contributed by atoms with Crippen molar-refractivity contribution in [2.45, 2.75) is 13.8 Å². The molecule has 17 heavy (non-hydrogen) atoms. The first-order chi connectivity index (χ1) is 8.27. The van der Waals surface area contributed by atoms with Gasteiger partial charge in [-0.05, 0) is 19.2 Å². The van der Waals surface area contributed by atoms with Gasteiger partial charge in [0.15, 0.2) is 0 Å². The van der Waals surface area contributed by atoms with E-state index in [1.807, 2.05) is 38.4 Å². The molecule has 0 fully saturated rings. The van der Waals surface area contributed by atoms with Gasteiger partial charge in [0.25, 0.3) is 0 Å². The molecule has 0 atom stereocenters. The minimum atomic E-state index is 0.834. The predicted molar refractivity (Wildman–Crippen MR) is 66.7 cm³/mol. The van der Waals surface area contributed by atoms with E-state index in [-0.39, 0.29) is 0 Å². The Morgan fingerprint density at radius 1 is 1.06 bits per heavy atom. The van der Waals surface area contributed by atoms with Crippen molar-refractivity contribution in [2.24, 2.45) is 0 Å². The van der Waals surface area contributed by atoms with Gasteiger partial charge in [0, 0.05) is 28.9 Å². The van der Waals surface area contributed by atoms with E-state index in [1.165, 1.54) is 5.39 Å². The maximum absolute atomic E-state index is 5.22. The van der Waals surface area contributed by atoms with Gasteiger partial charge in [0.05, 0.1) is 5.69 Å². The predicted octanol–water partition coefficient (Wildman–Crippen LogP) is 3.51. The Morgan fingerprint density at radius 2 is 1.88 bits per heavy atom. The molecule has 0 aliphatic carbocycles. The van der Waals surface area contributed by atoms with E-state index >= 15 is 0 Å². The number of fused-ring (bicyclic) bond motifs is 1. The van der Waals surface area contributed by atoms with Crippen molar-refractivity contribution in [1.82, 2.24) is 10.1 Å². The van der Waals surface area contributed by atoms with E-state index < -0.39 is 0 Å². The van der Waals surface area contributed by atoms with Gasteiger partial charge in [0.1, 0.15) is 5.76 Å². The summed E-state index contributed by atoms with van der Waals surface area (Å²) in [6.45, 7) is 3.88. The molecule has 2 heterocycles. The van der Waals surface area contributed by atoms with Crippen LogP contribution in [0.5, 0.6) is 0 Å². The molecule has 0 saturated heterocycles. The molecular weight excluding hydrogens is 212 g/mol. The fraction of sp³-hybridized carbons (Fsp3) is 0.143. The van der Waals surface area contributed by atoms with Crippen molar-refractivity contribution < 1.29 is 4.52 Å². The Labute approximate surface area is 99.1 Å². The molecule has 0 bridgehead atoms. The molecule has 1 aromatic carbocycles. The Hall–Kier alpha value is -2.16. The Morgan fingerprint density at radius 3 is 2.65 bits per heavy atom. The van der Waals surface area contributed by atoms with E-state index in [0.717, 1.165) is 28.0 Å². The van der Waals surface area contributed by atoms with Crippen LogP contribution in [-0.4, -0.2) is 10.1 Å². The van der Waals surface area contributed by atoms with Gasteiger partial charge in [-0.15, -0.1) is 0 Å². The topological polar surface area (TPSA) is 38.9 Å². The molecular formula is C14H12N2O. The molecule has 0 unspecified atom stereocenters. The van der Waals surface area contributed by atoms with Crippen LogP contribution in [0.1, 0.15) is 11.5 Å². The smallest absolute Gasteiger partial charge is 0.141 e. The lowest BCUT2D eigenvalue weighted by molar-refractivity contribution is 0.393. The fourth-order valence-electron chi connectivity index (χ4n) is 2.18. The van der Waals surface area contributed by atoms with Crippen LogP contribution in [0.2, 0.25) is 0 Å². The number of rotatable bonds is 1. The summed E-state index contributed by atoms with van der Waals surface area (Å²) in [6.07, 6.45) is 3.74. The number of aromatic nitrogens is 2. The Balaban J connectivity index is 2.38. The summed E-state index contributed by atoms with van der Waals surface area (Å²) in [5, 5.41) is 6.30. The highest BCUT2D eigenvalue weighted by Crippen LogP contribution is 2.31. The number of nitrogens with zero attached hydrogens (tertiary/aromatic N) is 2. The number of pyridine rings is 1. The van der Waals surface area contributed by atoms with Crippen LogP contribution >= 0.6 is 0 Å². The fourth-order valence-corrected chi connectivity index (χ4v) is 2.18. The molecule has 84 valence electrons. The molecule has 0 aliphatic rings. The average molecular weight is 224 g/mol. The van der Waals surface area contributed by atoms with Gasteiger partial charge in [0.2, 0.25) is 0 Å². The second kappa shape index (κ2) is 3.70. The summed E-state index contributed by atoms with van der Waals surface area (Å²) in [6, 6.07) is 8.20. The second-order valence-electron chi connectivity index (χ2n) is 4.11. The van der Waals surface area contributed by atoms with Crippen LogP contribution in [0.25, 0.3) is 21.9 Å². The summed E-state index contributed by atoms with van der Waals surface area (Å²) in [4.78, 5) is 4.28. The zero-order valence-corrected chi connectivity index (χ0v) is 9.77. The van der Waals surface area contributed by atoms with Crippen LogP contribution in [0, 0.1) is 13.8 Å². The van der Waals surface area contributed by atoms with Crippen LogP contribution in [0.15, 0.2) is 41.2 Å². The van der Waals surface area contributed by atoms with E-state index in [2.05, 4.69) is 22.3 Å². The minimum absolute atomic E-state index is 0.834. The highest BCUT2D eigenvalue weighted by atomic mass is 16.5. The third-order valence-electron chi connectivity index (χ3n) is 2.97. The monoisotopic (exact) mass is 224 g/mol. The molecule has 3 nitrogen and oxygen atoms in total. The molecule has 2 aromatic heterocycles. The van der Waals surface area contributed by atoms with Crippen molar-refractivity contribution >= 4 is 10.8 Å². The van der Waals surface area contributed by atoms with Crippen LogP contribution in [-0.2, 0) is 0 Å². The first kappa shape index (κ1) is 10.0. The van der Waals surface area contributed by atoms with Crippen LogP contribution in [0.4, 0.5) is 0 Å². The lowest BCUT2D eigenvalue weighted by Gasteiger charge is -2.04. The SMILES string of the molecule is Cc1noc(C)c1-c1cncc2ccccc12. The minimum Gasteiger partial charge on any atom is -0.361 e. The summed E-state index contributed by atoms with van der Waals surface area (Å²) in [5.74, 6) is 0.834. The van der Waals surface area contributed by atoms with Crippen molar-refractivity contribution in [2.75, 3.05) is 0 Å². The molecule has 3 rings (SSSR count). The number of benzene rings is 1. The highest BCUT2D eigenvalue weighted by Gasteiger charge is 2.13. The lowest BCUT2D eigenvalue weighted by atomic mass is 10.00. The lowest BCUT2D eigenvalue weighted by Crippen LogP contribution is -1.86. The van der Waals surface area contributed by atoms with Crippen molar-refractivity contribution in [1.29, 1.82) is 0 Å². The number of hydrogen-bond donors (Lipinski definition) is 0. The Kier molecular flexibility index (Phi) is 2.18. The summed E-state index contributed by atoms with van der Waals surface area (Å²) in [5.41, 5.74) is 3.04. The van der Waals surface area contributed by atoms with Gasteiger partial charge >= 0.3 is 0 Å². The standard InChI is InChI=1S/C14H12N2O/c1-9-14(10(2)17-16-9)13-8-15-7-11-5-3-4-6-12(11)13/h3-8H,1-2H3. The van der Waals surface area contributed by atoms with Crippen molar-refractivity contribution in [3.05, 3.63) is 48.1 Å². The average Bonchev–Trinajstić information content (AvgIpc) is 2.69. The van der Waals surface area contributed by atoms with Gasteiger partial charge < -0.3 is 4.52 Å². The number of aryl methyl sites for hydroxylation is 2. The normalized spacial score (nSPS) is 10.9. The van der Waals surface area contributed by atoms with Gasteiger partial charge in [-0.2, -0.15) is 0 Å². The largest absolute Gasteiger partial charge is 0.361 e. The zero-order valence-electron chi connectivity index (χ0n) is 9.77. The maximum atomic E-state index is 5.22. The molecule has 3 aromatic rings. The molecule has 0 spiro atoms.